The van der Waals surface area contributed by atoms with Crippen LogP contribution in [0.5, 0.6) is 0 Å². The van der Waals surface area contributed by atoms with Gasteiger partial charge in [-0.25, -0.2) is 4.79 Å². The van der Waals surface area contributed by atoms with Crippen LogP contribution in [0.2, 0.25) is 0 Å². The highest BCUT2D eigenvalue weighted by atomic mass is 16.5. The number of esters is 1. The molecule has 3 rings (SSSR count). The highest BCUT2D eigenvalue weighted by Gasteiger charge is 2.34. The molecule has 0 aliphatic carbocycles. The number of benzene rings is 2. The summed E-state index contributed by atoms with van der Waals surface area (Å²) in [4.78, 5) is 16.2. The first-order valence-corrected chi connectivity index (χ1v) is 9.34. The Labute approximate surface area is 161 Å². The van der Waals surface area contributed by atoms with Gasteiger partial charge in [0.25, 0.3) is 0 Å². The topological polar surface area (TPSA) is 42.1 Å². The van der Waals surface area contributed by atoms with Crippen LogP contribution < -0.4 is 0 Å². The number of aryl methyl sites for hydroxylation is 2. The third-order valence-electron chi connectivity index (χ3n) is 4.96. The molecule has 0 amide bonds. The van der Waals surface area contributed by atoms with E-state index in [9.17, 15) is 4.79 Å². The Hall–Kier alpha value is -2.59. The number of quaternary nitrogens is 1. The molecule has 1 N–H and O–H groups in total. The number of nitrogens with one attached hydrogen (secondary N) is 1. The summed E-state index contributed by atoms with van der Waals surface area (Å²) in [5, 5.41) is 1.16. The van der Waals surface area contributed by atoms with Crippen LogP contribution >= 0.6 is 0 Å². The highest BCUT2D eigenvalue weighted by Crippen LogP contribution is 2.22. The molecule has 0 bridgehead atoms. The zero-order valence-corrected chi connectivity index (χ0v) is 16.9. The number of aromatic nitrogens is 1. The fourth-order valence-electron chi connectivity index (χ4n) is 3.59. The van der Waals surface area contributed by atoms with Gasteiger partial charge in [-0.2, -0.15) is 0 Å². The van der Waals surface area contributed by atoms with E-state index in [2.05, 4.69) is 49.2 Å². The summed E-state index contributed by atoms with van der Waals surface area (Å²) in [5.74, 6) is -0.160. The molecule has 4 nitrogen and oxygen atoms in total. The Kier molecular flexibility index (Phi) is 5.38. The standard InChI is InChI=1S/C23H29N2O2/c1-16-10-17(2)12-18(11-16)15-27-23(26)22(25(3,4)5)13-19-14-24-21-9-7-6-8-20(19)21/h6-12,14,22,24H,13,15H2,1-5H3/q+1/t22-/m0/s1. The number of nitrogens with zero attached hydrogens (tertiary/aromatic N) is 1. The predicted molar refractivity (Wildman–Crippen MR) is 110 cm³/mol. The van der Waals surface area contributed by atoms with Crippen LogP contribution in [-0.2, 0) is 22.6 Å². The van der Waals surface area contributed by atoms with Crippen molar-refractivity contribution in [1.82, 2.24) is 4.98 Å². The summed E-state index contributed by atoms with van der Waals surface area (Å²) < 4.78 is 6.24. The summed E-state index contributed by atoms with van der Waals surface area (Å²) in [5.41, 5.74) is 5.64. The van der Waals surface area contributed by atoms with E-state index in [0.29, 0.717) is 17.5 Å². The first kappa shape index (κ1) is 19.2. The lowest BCUT2D eigenvalue weighted by Crippen LogP contribution is -2.51. The number of hydrogen-bond donors (Lipinski definition) is 1. The molecule has 0 aliphatic heterocycles. The summed E-state index contributed by atoms with van der Waals surface area (Å²) in [6.07, 6.45) is 2.64. The molecule has 2 aromatic carbocycles. The SMILES string of the molecule is Cc1cc(C)cc(COC(=O)[C@H](Cc2c[nH]c3ccccc23)[N+](C)(C)C)c1. The van der Waals surface area contributed by atoms with Gasteiger partial charge in [-0.3, -0.25) is 0 Å². The fourth-order valence-corrected chi connectivity index (χ4v) is 3.59. The second-order valence-corrected chi connectivity index (χ2v) is 8.30. The minimum Gasteiger partial charge on any atom is -0.456 e. The molecule has 1 heterocycles. The molecule has 0 spiro atoms. The molecule has 27 heavy (non-hydrogen) atoms. The van der Waals surface area contributed by atoms with Crippen molar-refractivity contribution in [3.8, 4) is 0 Å². The van der Waals surface area contributed by atoms with Crippen LogP contribution in [-0.4, -0.2) is 42.6 Å². The molecule has 0 fully saturated rings. The number of H-pyrrole nitrogens is 1. The maximum absolute atomic E-state index is 12.9. The van der Waals surface area contributed by atoms with Crippen molar-refractivity contribution in [3.63, 3.8) is 0 Å². The number of likely N-dealkylation sites (N-methyl/N-ethyl adjacent to an activating group) is 1. The Morgan fingerprint density at radius 2 is 1.74 bits per heavy atom. The Morgan fingerprint density at radius 1 is 1.07 bits per heavy atom. The maximum Gasteiger partial charge on any atom is 0.365 e. The number of carbonyl (C=O) groups excluding carboxylic acids is 1. The Bertz CT molecular complexity index is 930. The third kappa shape index (κ3) is 4.58. The quantitative estimate of drug-likeness (QED) is 0.527. The van der Waals surface area contributed by atoms with Crippen LogP contribution in [0.25, 0.3) is 10.9 Å². The average molecular weight is 365 g/mol. The minimum atomic E-state index is -0.268. The van der Waals surface area contributed by atoms with E-state index >= 15 is 0 Å². The number of carbonyl (C=O) groups is 1. The van der Waals surface area contributed by atoms with E-state index in [1.54, 1.807) is 0 Å². The fraction of sp³-hybridized carbons (Fsp3) is 0.348. The normalized spacial score (nSPS) is 12.9. The lowest BCUT2D eigenvalue weighted by atomic mass is 10.0. The van der Waals surface area contributed by atoms with Crippen LogP contribution in [0, 0.1) is 13.8 Å². The van der Waals surface area contributed by atoms with Gasteiger partial charge in [0.05, 0.1) is 21.1 Å². The van der Waals surface area contributed by atoms with Gasteiger partial charge in [0, 0.05) is 23.5 Å². The number of fused-ring (bicyclic) bond motifs is 1. The Morgan fingerprint density at radius 3 is 2.41 bits per heavy atom. The summed E-state index contributed by atoms with van der Waals surface area (Å²) >= 11 is 0. The minimum absolute atomic E-state index is 0.160. The van der Waals surface area contributed by atoms with E-state index < -0.39 is 0 Å². The van der Waals surface area contributed by atoms with Gasteiger partial charge >= 0.3 is 5.97 Å². The molecule has 142 valence electrons. The molecule has 1 aromatic heterocycles. The molecule has 0 saturated heterocycles. The highest BCUT2D eigenvalue weighted by molar-refractivity contribution is 5.84. The van der Waals surface area contributed by atoms with E-state index in [1.165, 1.54) is 11.1 Å². The van der Waals surface area contributed by atoms with E-state index in [-0.39, 0.29) is 12.0 Å². The number of para-hydroxylation sites is 1. The van der Waals surface area contributed by atoms with Gasteiger partial charge in [-0.05, 0) is 31.0 Å². The first-order chi connectivity index (χ1) is 12.7. The molecule has 3 aromatic rings. The van der Waals surface area contributed by atoms with Gasteiger partial charge in [0.15, 0.2) is 6.04 Å². The van der Waals surface area contributed by atoms with Gasteiger partial charge < -0.3 is 14.2 Å². The summed E-state index contributed by atoms with van der Waals surface area (Å²) in [6.45, 7) is 4.43. The molecular weight excluding hydrogens is 336 g/mol. The van der Waals surface area contributed by atoms with Crippen LogP contribution in [0.15, 0.2) is 48.7 Å². The molecule has 0 saturated carbocycles. The van der Waals surface area contributed by atoms with Crippen LogP contribution in [0.3, 0.4) is 0 Å². The number of rotatable bonds is 6. The van der Waals surface area contributed by atoms with E-state index in [4.69, 9.17) is 4.74 Å². The summed E-state index contributed by atoms with van der Waals surface area (Å²) in [7, 11) is 6.12. The second-order valence-electron chi connectivity index (χ2n) is 8.30. The van der Waals surface area contributed by atoms with Crippen molar-refractivity contribution in [2.45, 2.75) is 32.9 Å². The number of aromatic amines is 1. The van der Waals surface area contributed by atoms with Crippen molar-refractivity contribution in [2.24, 2.45) is 0 Å². The van der Waals surface area contributed by atoms with Crippen molar-refractivity contribution in [3.05, 3.63) is 70.9 Å². The van der Waals surface area contributed by atoms with Gasteiger partial charge in [-0.1, -0.05) is 47.5 Å². The van der Waals surface area contributed by atoms with Crippen LogP contribution in [0.4, 0.5) is 0 Å². The van der Waals surface area contributed by atoms with E-state index in [1.807, 2.05) is 39.5 Å². The summed E-state index contributed by atoms with van der Waals surface area (Å²) in [6, 6.07) is 14.2. The molecule has 1 atom stereocenters. The Balaban J connectivity index is 1.77. The van der Waals surface area contributed by atoms with Gasteiger partial charge in [0.1, 0.15) is 6.61 Å². The lowest BCUT2D eigenvalue weighted by molar-refractivity contribution is -0.887. The average Bonchev–Trinajstić information content (AvgIpc) is 2.99. The van der Waals surface area contributed by atoms with Crippen molar-refractivity contribution in [2.75, 3.05) is 21.1 Å². The number of ether oxygens (including phenoxy) is 1. The van der Waals surface area contributed by atoms with Crippen molar-refractivity contribution >= 4 is 16.9 Å². The molecular formula is C23H29N2O2+. The lowest BCUT2D eigenvalue weighted by Gasteiger charge is -2.32. The largest absolute Gasteiger partial charge is 0.456 e. The maximum atomic E-state index is 12.9. The predicted octanol–water partition coefficient (Wildman–Crippen LogP) is 4.15. The molecule has 4 heteroatoms. The van der Waals surface area contributed by atoms with E-state index in [0.717, 1.165) is 22.0 Å². The third-order valence-corrected chi connectivity index (χ3v) is 4.96. The second kappa shape index (κ2) is 7.57. The monoisotopic (exact) mass is 365 g/mol. The zero-order chi connectivity index (χ0) is 19.6. The van der Waals surface area contributed by atoms with Gasteiger partial charge in [-0.15, -0.1) is 0 Å². The smallest absolute Gasteiger partial charge is 0.365 e. The van der Waals surface area contributed by atoms with Crippen LogP contribution in [0.1, 0.15) is 22.3 Å². The number of hydrogen-bond acceptors (Lipinski definition) is 2. The molecule has 0 aliphatic rings. The molecule has 0 radical (unpaired) electrons. The zero-order valence-electron chi connectivity index (χ0n) is 16.9. The molecule has 0 unspecified atom stereocenters. The van der Waals surface area contributed by atoms with Crippen molar-refractivity contribution < 1.29 is 14.0 Å². The van der Waals surface area contributed by atoms with Gasteiger partial charge in [0.2, 0.25) is 0 Å². The first-order valence-electron chi connectivity index (χ1n) is 9.34. The van der Waals surface area contributed by atoms with Crippen molar-refractivity contribution in [1.29, 1.82) is 0 Å².